The molecule has 1 saturated heterocycles. The minimum atomic E-state index is -0.199. The predicted octanol–water partition coefficient (Wildman–Crippen LogP) is 2.72. The van der Waals surface area contributed by atoms with E-state index in [1.807, 2.05) is 25.1 Å². The molecule has 2 aromatic heterocycles. The van der Waals surface area contributed by atoms with E-state index in [0.717, 1.165) is 66.6 Å². The van der Waals surface area contributed by atoms with Gasteiger partial charge in [0.2, 0.25) is 0 Å². The van der Waals surface area contributed by atoms with Crippen molar-refractivity contribution in [3.8, 4) is 28.4 Å². The number of pyridine rings is 1. The number of aromatic hydroxyl groups is 1. The first-order chi connectivity index (χ1) is 17.5. The minimum Gasteiger partial charge on any atom is -0.506 e. The van der Waals surface area contributed by atoms with Crippen molar-refractivity contribution in [3.63, 3.8) is 0 Å². The maximum absolute atomic E-state index is 12.1. The summed E-state index contributed by atoms with van der Waals surface area (Å²) in [5, 5.41) is 21.0. The summed E-state index contributed by atoms with van der Waals surface area (Å²) in [4.78, 5) is 20.6. The summed E-state index contributed by atoms with van der Waals surface area (Å²) >= 11 is 0. The summed E-state index contributed by atoms with van der Waals surface area (Å²) < 4.78 is 11.4. The predicted molar refractivity (Wildman–Crippen MR) is 137 cm³/mol. The Morgan fingerprint density at radius 2 is 1.72 bits per heavy atom. The number of ether oxygens (including phenoxy) is 2. The molecule has 0 saturated carbocycles. The van der Waals surface area contributed by atoms with Crippen molar-refractivity contribution in [2.75, 3.05) is 51.8 Å². The molecule has 0 aliphatic carbocycles. The second kappa shape index (κ2) is 11.7. The quantitative estimate of drug-likeness (QED) is 0.465. The van der Waals surface area contributed by atoms with Gasteiger partial charge in [-0.1, -0.05) is 6.92 Å². The van der Waals surface area contributed by atoms with Gasteiger partial charge in [-0.15, -0.1) is 10.2 Å². The Bertz CT molecular complexity index is 1150. The molecule has 3 heterocycles. The summed E-state index contributed by atoms with van der Waals surface area (Å²) in [6.07, 6.45) is 3.97. The number of hydrogen-bond acceptors (Lipinski definition) is 9. The number of amides is 1. The van der Waals surface area contributed by atoms with Crippen LogP contribution in [0.4, 0.5) is 5.82 Å². The zero-order valence-corrected chi connectivity index (χ0v) is 20.9. The van der Waals surface area contributed by atoms with Crippen molar-refractivity contribution in [1.29, 1.82) is 0 Å². The van der Waals surface area contributed by atoms with E-state index in [1.165, 1.54) is 6.20 Å². The number of carbonyl (C=O) groups is 1. The number of rotatable bonds is 9. The molecule has 1 fully saturated rings. The average molecular weight is 493 g/mol. The summed E-state index contributed by atoms with van der Waals surface area (Å²) in [6.45, 7) is 6.51. The Balaban J connectivity index is 1.42. The van der Waals surface area contributed by atoms with Gasteiger partial charge in [-0.2, -0.15) is 0 Å². The van der Waals surface area contributed by atoms with Crippen molar-refractivity contribution < 1.29 is 19.4 Å². The van der Waals surface area contributed by atoms with E-state index in [2.05, 4.69) is 30.3 Å². The van der Waals surface area contributed by atoms with Crippen LogP contribution in [-0.4, -0.2) is 78.0 Å². The fourth-order valence-corrected chi connectivity index (χ4v) is 4.19. The van der Waals surface area contributed by atoms with Gasteiger partial charge in [0.15, 0.2) is 11.5 Å². The topological polar surface area (TPSA) is 113 Å². The number of aromatic nitrogens is 3. The Morgan fingerprint density at radius 3 is 2.31 bits per heavy atom. The molecule has 36 heavy (non-hydrogen) atoms. The van der Waals surface area contributed by atoms with E-state index in [4.69, 9.17) is 9.47 Å². The summed E-state index contributed by atoms with van der Waals surface area (Å²) in [7, 11) is 3.29. The first-order valence-corrected chi connectivity index (χ1v) is 12.0. The number of hydrogen-bond donors (Lipinski definition) is 2. The highest BCUT2D eigenvalue weighted by Crippen LogP contribution is 2.36. The Hall–Kier alpha value is -3.92. The van der Waals surface area contributed by atoms with Crippen LogP contribution < -0.4 is 19.7 Å². The van der Waals surface area contributed by atoms with Gasteiger partial charge >= 0.3 is 0 Å². The maximum Gasteiger partial charge on any atom is 0.271 e. The van der Waals surface area contributed by atoms with Gasteiger partial charge in [0.05, 0.1) is 26.0 Å². The fourth-order valence-electron chi connectivity index (χ4n) is 4.19. The van der Waals surface area contributed by atoms with Gasteiger partial charge in [-0.25, -0.2) is 0 Å². The maximum atomic E-state index is 12.1. The number of methoxy groups -OCH3 is 2. The average Bonchev–Trinajstić information content (AvgIpc) is 2.92. The van der Waals surface area contributed by atoms with Crippen LogP contribution in [0.15, 0.2) is 42.7 Å². The van der Waals surface area contributed by atoms with Gasteiger partial charge in [0.25, 0.3) is 5.91 Å². The van der Waals surface area contributed by atoms with E-state index < -0.39 is 0 Å². The molecular weight excluding hydrogens is 460 g/mol. The first-order valence-electron chi connectivity index (χ1n) is 12.0. The van der Waals surface area contributed by atoms with E-state index >= 15 is 0 Å². The van der Waals surface area contributed by atoms with Gasteiger partial charge in [-0.05, 0) is 42.3 Å². The monoisotopic (exact) mass is 492 g/mol. The summed E-state index contributed by atoms with van der Waals surface area (Å²) in [5.41, 5.74) is 2.93. The lowest BCUT2D eigenvalue weighted by Gasteiger charge is -2.35. The normalized spacial score (nSPS) is 13.9. The molecule has 1 amide bonds. The van der Waals surface area contributed by atoms with Crippen LogP contribution in [0, 0.1) is 0 Å². The molecular formula is C26H32N6O4. The van der Waals surface area contributed by atoms with Crippen LogP contribution in [0.3, 0.4) is 0 Å². The van der Waals surface area contributed by atoms with Crippen molar-refractivity contribution in [2.45, 2.75) is 19.9 Å². The van der Waals surface area contributed by atoms with E-state index in [9.17, 15) is 9.90 Å². The molecule has 1 aliphatic heterocycles. The van der Waals surface area contributed by atoms with Gasteiger partial charge in [-0.3, -0.25) is 14.7 Å². The molecule has 4 rings (SSSR count). The number of nitrogens with zero attached hydrogens (tertiary/aromatic N) is 5. The molecule has 190 valence electrons. The Labute approximate surface area is 210 Å². The van der Waals surface area contributed by atoms with Crippen LogP contribution in [0.2, 0.25) is 0 Å². The second-order valence-corrected chi connectivity index (χ2v) is 8.59. The molecule has 10 heteroatoms. The van der Waals surface area contributed by atoms with Crippen LogP contribution in [0.5, 0.6) is 17.2 Å². The molecule has 1 aromatic carbocycles. The third-order valence-electron chi connectivity index (χ3n) is 6.16. The second-order valence-electron chi connectivity index (χ2n) is 8.59. The zero-order valence-electron chi connectivity index (χ0n) is 20.9. The molecule has 0 radical (unpaired) electrons. The lowest BCUT2D eigenvalue weighted by Crippen LogP contribution is -2.46. The van der Waals surface area contributed by atoms with E-state index in [1.54, 1.807) is 32.5 Å². The molecule has 0 spiro atoms. The number of benzene rings is 1. The fraction of sp³-hybridized carbons (Fsp3) is 0.385. The highest BCUT2D eigenvalue weighted by atomic mass is 16.5. The van der Waals surface area contributed by atoms with Gasteiger partial charge in [0, 0.05) is 51.0 Å². The molecule has 0 bridgehead atoms. The molecule has 10 nitrogen and oxygen atoms in total. The molecule has 3 aromatic rings. The molecule has 2 N–H and O–H groups in total. The van der Waals surface area contributed by atoms with E-state index in [-0.39, 0.29) is 11.7 Å². The molecule has 0 unspecified atom stereocenters. The number of piperazine rings is 1. The van der Waals surface area contributed by atoms with Crippen LogP contribution in [-0.2, 0) is 6.54 Å². The van der Waals surface area contributed by atoms with Gasteiger partial charge < -0.3 is 24.8 Å². The summed E-state index contributed by atoms with van der Waals surface area (Å²) in [5.74, 6) is 2.11. The number of anilines is 1. The Kier molecular flexibility index (Phi) is 8.17. The SMILES string of the molecule is CCCNC(=O)c1ccc(N2CCN(Cc3c(OC)cc(-c4cncc(O)c4)cc3OC)CC2)nn1. The Morgan fingerprint density at radius 1 is 1.00 bits per heavy atom. The third kappa shape index (κ3) is 5.83. The smallest absolute Gasteiger partial charge is 0.271 e. The van der Waals surface area contributed by atoms with Crippen molar-refractivity contribution in [1.82, 2.24) is 25.4 Å². The lowest BCUT2D eigenvalue weighted by molar-refractivity contribution is 0.0947. The number of nitrogens with one attached hydrogen (secondary N) is 1. The van der Waals surface area contributed by atoms with Crippen LogP contribution in [0.25, 0.3) is 11.1 Å². The van der Waals surface area contributed by atoms with Crippen LogP contribution in [0.1, 0.15) is 29.4 Å². The highest BCUT2D eigenvalue weighted by molar-refractivity contribution is 5.92. The molecule has 0 atom stereocenters. The zero-order chi connectivity index (χ0) is 25.5. The minimum absolute atomic E-state index is 0.103. The lowest BCUT2D eigenvalue weighted by atomic mass is 10.0. The summed E-state index contributed by atoms with van der Waals surface area (Å²) in [6, 6.07) is 9.12. The van der Waals surface area contributed by atoms with Crippen molar-refractivity contribution in [3.05, 3.63) is 54.0 Å². The van der Waals surface area contributed by atoms with Crippen molar-refractivity contribution in [2.24, 2.45) is 0 Å². The van der Waals surface area contributed by atoms with Gasteiger partial charge in [0.1, 0.15) is 17.2 Å². The van der Waals surface area contributed by atoms with Crippen LogP contribution >= 0.6 is 0 Å². The highest BCUT2D eigenvalue weighted by Gasteiger charge is 2.22. The van der Waals surface area contributed by atoms with Crippen molar-refractivity contribution >= 4 is 11.7 Å². The number of carbonyl (C=O) groups excluding carboxylic acids is 1. The molecule has 1 aliphatic rings. The largest absolute Gasteiger partial charge is 0.506 e. The third-order valence-corrected chi connectivity index (χ3v) is 6.16. The van der Waals surface area contributed by atoms with E-state index in [0.29, 0.717) is 18.8 Å². The first kappa shape index (κ1) is 25.2. The standard InChI is InChI=1S/C26H32N6O4/c1-4-7-28-26(34)22-5-6-25(30-29-22)32-10-8-31(9-11-32)17-21-23(35-2)13-18(14-24(21)36-3)19-12-20(33)16-27-15-19/h5-6,12-16,33H,4,7-11,17H2,1-3H3,(H,28,34).